The molecule has 0 bridgehead atoms. The number of rotatable bonds is 5. The molecule has 0 radical (unpaired) electrons. The maximum absolute atomic E-state index is 11.8. The van der Waals surface area contributed by atoms with E-state index in [9.17, 15) is 9.59 Å². The van der Waals surface area contributed by atoms with Crippen LogP contribution in [0.1, 0.15) is 25.8 Å². The van der Waals surface area contributed by atoms with Crippen molar-refractivity contribution in [2.45, 2.75) is 32.7 Å². The van der Waals surface area contributed by atoms with Crippen molar-refractivity contribution in [3.05, 3.63) is 30.1 Å². The first-order valence-corrected chi connectivity index (χ1v) is 6.49. The summed E-state index contributed by atoms with van der Waals surface area (Å²) in [6, 6.07) is 3.82. The number of carbonyl (C=O) groups is 2. The van der Waals surface area contributed by atoms with Crippen LogP contribution in [0.15, 0.2) is 24.5 Å². The number of hydrogen-bond donors (Lipinski definition) is 1. The number of likely N-dealkylation sites (N-methyl/N-ethyl adjacent to an activating group) is 1. The Morgan fingerprint density at radius 1 is 1.37 bits per heavy atom. The van der Waals surface area contributed by atoms with Crippen LogP contribution in [0.25, 0.3) is 0 Å². The van der Waals surface area contributed by atoms with Crippen LogP contribution < -0.4 is 5.32 Å². The molecule has 0 saturated carbocycles. The van der Waals surface area contributed by atoms with E-state index < -0.39 is 11.8 Å². The topological polar surface area (TPSA) is 62.3 Å². The summed E-state index contributed by atoms with van der Waals surface area (Å²) < 4.78 is 0. The minimum Gasteiger partial charge on any atom is -0.345 e. The molecule has 1 unspecified atom stereocenters. The predicted octanol–water partition coefficient (Wildman–Crippen LogP) is 0.997. The Hall–Kier alpha value is -1.91. The highest BCUT2D eigenvalue weighted by atomic mass is 16.2. The molecule has 5 nitrogen and oxygen atoms in total. The van der Waals surface area contributed by atoms with Crippen molar-refractivity contribution in [3.63, 3.8) is 0 Å². The Bertz CT molecular complexity index is 420. The SMILES string of the molecule is CCC(C)NC(=O)C(=O)N(C)CCc1ccncc1. The molecule has 1 atom stereocenters. The normalized spacial score (nSPS) is 11.7. The van der Waals surface area contributed by atoms with Crippen LogP contribution in [0, 0.1) is 0 Å². The molecule has 1 aromatic heterocycles. The number of carbonyl (C=O) groups excluding carboxylic acids is 2. The number of nitrogens with one attached hydrogen (secondary N) is 1. The largest absolute Gasteiger partial charge is 0.345 e. The van der Waals surface area contributed by atoms with Crippen LogP contribution >= 0.6 is 0 Å². The second kappa shape index (κ2) is 7.51. The van der Waals surface area contributed by atoms with Crippen molar-refractivity contribution in [1.29, 1.82) is 0 Å². The van der Waals surface area contributed by atoms with E-state index in [-0.39, 0.29) is 6.04 Å². The van der Waals surface area contributed by atoms with Crippen LogP contribution in [0.5, 0.6) is 0 Å². The van der Waals surface area contributed by atoms with E-state index in [4.69, 9.17) is 0 Å². The van der Waals surface area contributed by atoms with Gasteiger partial charge in [0.1, 0.15) is 0 Å². The van der Waals surface area contributed by atoms with Gasteiger partial charge < -0.3 is 10.2 Å². The van der Waals surface area contributed by atoms with Gasteiger partial charge in [0, 0.05) is 32.0 Å². The van der Waals surface area contributed by atoms with Crippen LogP contribution in [-0.4, -0.2) is 41.3 Å². The number of nitrogens with zero attached hydrogens (tertiary/aromatic N) is 2. The second-order valence-corrected chi connectivity index (χ2v) is 4.61. The lowest BCUT2D eigenvalue weighted by atomic mass is 10.2. The molecule has 2 amide bonds. The molecular formula is C14H21N3O2. The second-order valence-electron chi connectivity index (χ2n) is 4.61. The van der Waals surface area contributed by atoms with E-state index in [0.717, 1.165) is 12.0 Å². The smallest absolute Gasteiger partial charge is 0.311 e. The number of aromatic nitrogens is 1. The van der Waals surface area contributed by atoms with Gasteiger partial charge in [-0.1, -0.05) is 6.92 Å². The van der Waals surface area contributed by atoms with Gasteiger partial charge >= 0.3 is 11.8 Å². The van der Waals surface area contributed by atoms with Gasteiger partial charge in [-0.15, -0.1) is 0 Å². The first-order valence-electron chi connectivity index (χ1n) is 6.49. The van der Waals surface area contributed by atoms with E-state index in [1.807, 2.05) is 26.0 Å². The van der Waals surface area contributed by atoms with Crippen molar-refractivity contribution in [2.75, 3.05) is 13.6 Å². The summed E-state index contributed by atoms with van der Waals surface area (Å²) in [5, 5.41) is 2.67. The van der Waals surface area contributed by atoms with E-state index in [0.29, 0.717) is 13.0 Å². The average molecular weight is 263 g/mol. The summed E-state index contributed by atoms with van der Waals surface area (Å²) in [5.41, 5.74) is 1.09. The summed E-state index contributed by atoms with van der Waals surface area (Å²) in [7, 11) is 1.64. The summed E-state index contributed by atoms with van der Waals surface area (Å²) in [6.07, 6.45) is 4.95. The molecule has 1 heterocycles. The summed E-state index contributed by atoms with van der Waals surface area (Å²) in [5.74, 6) is -1.03. The third kappa shape index (κ3) is 5.07. The lowest BCUT2D eigenvalue weighted by Crippen LogP contribution is -2.44. The van der Waals surface area contributed by atoms with Gasteiger partial charge in [0.05, 0.1) is 0 Å². The lowest BCUT2D eigenvalue weighted by molar-refractivity contribution is -0.145. The molecule has 1 rings (SSSR count). The van der Waals surface area contributed by atoms with Gasteiger partial charge in [0.15, 0.2) is 0 Å². The van der Waals surface area contributed by atoms with Crippen molar-refractivity contribution in [3.8, 4) is 0 Å². The standard InChI is InChI=1S/C14H21N3O2/c1-4-11(2)16-13(18)14(19)17(3)10-7-12-5-8-15-9-6-12/h5-6,8-9,11H,4,7,10H2,1-3H3,(H,16,18). The molecule has 104 valence electrons. The zero-order valence-corrected chi connectivity index (χ0v) is 11.7. The first-order chi connectivity index (χ1) is 9.04. The van der Waals surface area contributed by atoms with E-state index in [1.54, 1.807) is 19.4 Å². The Labute approximate surface area is 114 Å². The molecule has 0 saturated heterocycles. The van der Waals surface area contributed by atoms with Crippen LogP contribution in [0.3, 0.4) is 0 Å². The highest BCUT2D eigenvalue weighted by Gasteiger charge is 2.19. The number of amides is 2. The predicted molar refractivity (Wildman–Crippen MR) is 73.5 cm³/mol. The molecule has 5 heteroatoms. The van der Waals surface area contributed by atoms with E-state index >= 15 is 0 Å². The highest BCUT2D eigenvalue weighted by molar-refractivity contribution is 6.35. The molecule has 0 aliphatic heterocycles. The van der Waals surface area contributed by atoms with Gasteiger partial charge in [0.2, 0.25) is 0 Å². The van der Waals surface area contributed by atoms with Gasteiger partial charge in [-0.25, -0.2) is 0 Å². The summed E-state index contributed by atoms with van der Waals surface area (Å²) >= 11 is 0. The number of hydrogen-bond acceptors (Lipinski definition) is 3. The first kappa shape index (κ1) is 15.1. The third-order valence-corrected chi connectivity index (χ3v) is 3.02. The molecule has 0 aliphatic rings. The Balaban J connectivity index is 2.42. The monoisotopic (exact) mass is 263 g/mol. The summed E-state index contributed by atoms with van der Waals surface area (Å²) in [4.78, 5) is 28.8. The van der Waals surface area contributed by atoms with Gasteiger partial charge in [-0.2, -0.15) is 0 Å². The molecule has 0 aromatic carbocycles. The molecule has 0 spiro atoms. The quantitative estimate of drug-likeness (QED) is 0.806. The van der Waals surface area contributed by atoms with E-state index in [2.05, 4.69) is 10.3 Å². The fraction of sp³-hybridized carbons (Fsp3) is 0.500. The van der Waals surface area contributed by atoms with Gasteiger partial charge in [-0.05, 0) is 37.5 Å². The zero-order chi connectivity index (χ0) is 14.3. The molecule has 1 N–H and O–H groups in total. The lowest BCUT2D eigenvalue weighted by Gasteiger charge is -2.18. The summed E-state index contributed by atoms with van der Waals surface area (Å²) in [6.45, 7) is 4.35. The molecule has 0 fully saturated rings. The zero-order valence-electron chi connectivity index (χ0n) is 11.7. The fourth-order valence-electron chi connectivity index (χ4n) is 1.51. The highest BCUT2D eigenvalue weighted by Crippen LogP contribution is 1.99. The fourth-order valence-corrected chi connectivity index (χ4v) is 1.51. The van der Waals surface area contributed by atoms with E-state index in [1.165, 1.54) is 4.90 Å². The third-order valence-electron chi connectivity index (χ3n) is 3.02. The van der Waals surface area contributed by atoms with Crippen molar-refractivity contribution >= 4 is 11.8 Å². The van der Waals surface area contributed by atoms with Crippen LogP contribution in [0.2, 0.25) is 0 Å². The maximum atomic E-state index is 11.8. The Kier molecular flexibility index (Phi) is 5.99. The Morgan fingerprint density at radius 2 is 2.00 bits per heavy atom. The van der Waals surface area contributed by atoms with Crippen LogP contribution in [-0.2, 0) is 16.0 Å². The minimum absolute atomic E-state index is 0.0186. The van der Waals surface area contributed by atoms with Gasteiger partial charge in [0.25, 0.3) is 0 Å². The maximum Gasteiger partial charge on any atom is 0.311 e. The van der Waals surface area contributed by atoms with Gasteiger partial charge in [-0.3, -0.25) is 14.6 Å². The average Bonchev–Trinajstić information content (AvgIpc) is 2.44. The minimum atomic E-state index is -0.536. The Morgan fingerprint density at radius 3 is 2.58 bits per heavy atom. The van der Waals surface area contributed by atoms with Crippen LogP contribution in [0.4, 0.5) is 0 Å². The van der Waals surface area contributed by atoms with Crippen molar-refractivity contribution < 1.29 is 9.59 Å². The van der Waals surface area contributed by atoms with Crippen molar-refractivity contribution in [1.82, 2.24) is 15.2 Å². The molecular weight excluding hydrogens is 242 g/mol. The molecule has 0 aliphatic carbocycles. The molecule has 1 aromatic rings. The number of pyridine rings is 1. The molecule has 19 heavy (non-hydrogen) atoms. The van der Waals surface area contributed by atoms with Crippen molar-refractivity contribution in [2.24, 2.45) is 0 Å².